The summed E-state index contributed by atoms with van der Waals surface area (Å²) < 4.78 is 23.7. The van der Waals surface area contributed by atoms with E-state index < -0.39 is 11.6 Å². The molecule has 2 atom stereocenters. The number of fused-ring (bicyclic) bond motifs is 5. The van der Waals surface area contributed by atoms with Crippen LogP contribution < -0.4 is 5.56 Å². The fourth-order valence-corrected chi connectivity index (χ4v) is 6.64. The molecule has 2 aliphatic heterocycles. The predicted octanol–water partition coefficient (Wildman–Crippen LogP) is 2.58. The SMILES string of the molecule is CC[C@@]1(O)C(=O)OCc2c1cc1n(c2=O)Cc2c-1nc1cc(F)c(C)c3c1c2[C@@H](n1cc(CCCO)nn1)CC3. The van der Waals surface area contributed by atoms with Gasteiger partial charge in [0.1, 0.15) is 12.4 Å². The Morgan fingerprint density at radius 1 is 1.23 bits per heavy atom. The molecule has 206 valence electrons. The third-order valence-corrected chi connectivity index (χ3v) is 8.82. The van der Waals surface area contributed by atoms with Crippen molar-refractivity contribution in [1.82, 2.24) is 24.5 Å². The maximum Gasteiger partial charge on any atom is 0.343 e. The van der Waals surface area contributed by atoms with Crippen LogP contribution in [0.5, 0.6) is 0 Å². The van der Waals surface area contributed by atoms with Gasteiger partial charge in [-0.3, -0.25) is 4.79 Å². The second-order valence-electron chi connectivity index (χ2n) is 10.9. The number of hydrogen-bond donors (Lipinski definition) is 2. The number of ether oxygens (including phenoxy) is 1. The van der Waals surface area contributed by atoms with Crippen LogP contribution in [0.3, 0.4) is 0 Å². The minimum Gasteiger partial charge on any atom is -0.458 e. The first kappa shape index (κ1) is 25.0. The average molecular weight is 546 g/mol. The van der Waals surface area contributed by atoms with Gasteiger partial charge in [0.25, 0.3) is 5.56 Å². The van der Waals surface area contributed by atoms with Gasteiger partial charge in [-0.1, -0.05) is 12.1 Å². The Morgan fingerprint density at radius 2 is 2.05 bits per heavy atom. The van der Waals surface area contributed by atoms with Crippen LogP contribution in [0.15, 0.2) is 23.1 Å². The highest BCUT2D eigenvalue weighted by Gasteiger charge is 2.46. The van der Waals surface area contributed by atoms with Crippen LogP contribution in [0.1, 0.15) is 71.3 Å². The van der Waals surface area contributed by atoms with Gasteiger partial charge >= 0.3 is 5.97 Å². The van der Waals surface area contributed by atoms with Gasteiger partial charge in [-0.05, 0) is 61.8 Å². The number of aliphatic hydroxyl groups is 2. The van der Waals surface area contributed by atoms with Gasteiger partial charge in [-0.25, -0.2) is 18.9 Å². The van der Waals surface area contributed by atoms with Crippen LogP contribution in [0.25, 0.3) is 22.3 Å². The summed E-state index contributed by atoms with van der Waals surface area (Å²) in [5.41, 5.74) is 3.74. The van der Waals surface area contributed by atoms with Crippen LogP contribution >= 0.6 is 0 Å². The molecule has 0 unspecified atom stereocenters. The highest BCUT2D eigenvalue weighted by molar-refractivity contribution is 5.93. The van der Waals surface area contributed by atoms with E-state index in [2.05, 4.69) is 10.3 Å². The van der Waals surface area contributed by atoms with E-state index in [1.807, 2.05) is 10.9 Å². The number of aliphatic hydroxyl groups excluding tert-OH is 1. The number of pyridine rings is 2. The summed E-state index contributed by atoms with van der Waals surface area (Å²) in [5.74, 6) is -1.12. The van der Waals surface area contributed by atoms with Crippen molar-refractivity contribution in [3.05, 3.63) is 73.6 Å². The lowest BCUT2D eigenvalue weighted by Gasteiger charge is -2.31. The van der Waals surface area contributed by atoms with Crippen molar-refractivity contribution in [2.45, 2.75) is 70.7 Å². The average Bonchev–Trinajstić information content (AvgIpc) is 3.58. The maximum atomic E-state index is 15.1. The Balaban J connectivity index is 1.49. The number of aryl methyl sites for hydroxylation is 2. The molecule has 1 aliphatic carbocycles. The van der Waals surface area contributed by atoms with E-state index in [1.54, 1.807) is 24.5 Å². The Kier molecular flexibility index (Phi) is 5.49. The predicted molar refractivity (Wildman–Crippen MR) is 141 cm³/mol. The number of rotatable bonds is 5. The van der Waals surface area contributed by atoms with Crippen molar-refractivity contribution >= 4 is 16.9 Å². The summed E-state index contributed by atoms with van der Waals surface area (Å²) in [7, 11) is 0. The zero-order valence-corrected chi connectivity index (χ0v) is 22.2. The summed E-state index contributed by atoms with van der Waals surface area (Å²) in [6.07, 6.45) is 4.41. The standard InChI is InChI=1S/C29H28FN5O5/c1-3-29(39)19-9-23-26-17(12-34(23)27(37)18(19)13-40-28(29)38)25-22(35-11-15(32-33-35)5-4-8-36)7-6-16-14(2)20(30)10-21(31-26)24(16)25/h9-11,22,36,39H,3-8,12-13H2,1-2H3/t22-,29-/m0/s1. The molecule has 11 heteroatoms. The van der Waals surface area contributed by atoms with Crippen molar-refractivity contribution < 1.29 is 24.1 Å². The summed E-state index contributed by atoms with van der Waals surface area (Å²) in [5, 5.41) is 30.1. The number of esters is 1. The summed E-state index contributed by atoms with van der Waals surface area (Å²) in [4.78, 5) is 31.2. The van der Waals surface area contributed by atoms with Crippen molar-refractivity contribution in [2.24, 2.45) is 0 Å². The van der Waals surface area contributed by atoms with E-state index in [0.29, 0.717) is 48.2 Å². The fourth-order valence-electron chi connectivity index (χ4n) is 6.64. The zero-order valence-electron chi connectivity index (χ0n) is 22.2. The first-order chi connectivity index (χ1) is 19.3. The van der Waals surface area contributed by atoms with Gasteiger partial charge in [-0.15, -0.1) is 5.10 Å². The van der Waals surface area contributed by atoms with Crippen LogP contribution in [0.2, 0.25) is 0 Å². The maximum absolute atomic E-state index is 15.1. The highest BCUT2D eigenvalue weighted by atomic mass is 19.1. The van der Waals surface area contributed by atoms with Crippen molar-refractivity contribution in [1.29, 1.82) is 0 Å². The number of cyclic esters (lactones) is 1. The van der Waals surface area contributed by atoms with Crippen LogP contribution in [0, 0.1) is 12.7 Å². The molecule has 0 saturated carbocycles. The lowest BCUT2D eigenvalue weighted by Crippen LogP contribution is -2.44. The van der Waals surface area contributed by atoms with E-state index >= 15 is 4.39 Å². The van der Waals surface area contributed by atoms with Gasteiger partial charge in [-0.2, -0.15) is 0 Å². The van der Waals surface area contributed by atoms with E-state index in [0.717, 1.165) is 27.8 Å². The minimum absolute atomic E-state index is 0.0474. The normalized spacial score (nSPS) is 20.8. The quantitative estimate of drug-likeness (QED) is 0.322. The molecule has 5 heterocycles. The summed E-state index contributed by atoms with van der Waals surface area (Å²) in [6, 6.07) is 2.89. The van der Waals surface area contributed by atoms with E-state index in [9.17, 15) is 19.8 Å². The molecule has 40 heavy (non-hydrogen) atoms. The van der Waals surface area contributed by atoms with Crippen molar-refractivity contribution in [3.8, 4) is 11.4 Å². The number of halogens is 1. The molecular weight excluding hydrogens is 517 g/mol. The molecule has 1 aromatic carbocycles. The molecule has 7 rings (SSSR count). The molecule has 3 aromatic heterocycles. The minimum atomic E-state index is -1.93. The van der Waals surface area contributed by atoms with E-state index in [1.165, 1.54) is 6.07 Å². The number of benzene rings is 1. The molecule has 4 aromatic rings. The van der Waals surface area contributed by atoms with Gasteiger partial charge in [0.2, 0.25) is 0 Å². The summed E-state index contributed by atoms with van der Waals surface area (Å²) in [6.45, 7) is 3.54. The second kappa shape index (κ2) is 8.77. The molecule has 0 bridgehead atoms. The number of hydrogen-bond acceptors (Lipinski definition) is 8. The molecule has 0 saturated heterocycles. The number of aromatic nitrogens is 5. The molecular formula is C29H28FN5O5. The highest BCUT2D eigenvalue weighted by Crippen LogP contribution is 2.46. The molecule has 0 radical (unpaired) electrons. The lowest BCUT2D eigenvalue weighted by molar-refractivity contribution is -0.172. The first-order valence-corrected chi connectivity index (χ1v) is 13.6. The number of nitrogens with zero attached hydrogens (tertiary/aromatic N) is 5. The van der Waals surface area contributed by atoms with Crippen LogP contribution in [-0.2, 0) is 41.1 Å². The first-order valence-electron chi connectivity index (χ1n) is 13.6. The van der Waals surface area contributed by atoms with Gasteiger partial charge in [0, 0.05) is 35.4 Å². The summed E-state index contributed by atoms with van der Waals surface area (Å²) >= 11 is 0. The molecule has 0 amide bonds. The number of carbonyl (C=O) groups is 1. The molecule has 2 N–H and O–H groups in total. The van der Waals surface area contributed by atoms with Crippen molar-refractivity contribution in [3.63, 3.8) is 0 Å². The molecule has 3 aliphatic rings. The van der Waals surface area contributed by atoms with Gasteiger partial charge in [0.05, 0.1) is 40.7 Å². The van der Waals surface area contributed by atoms with E-state index in [4.69, 9.17) is 9.72 Å². The van der Waals surface area contributed by atoms with Gasteiger partial charge < -0.3 is 19.5 Å². The fraction of sp³-hybridized carbons (Fsp3) is 0.414. The molecule has 10 nitrogen and oxygen atoms in total. The molecule has 0 fully saturated rings. The van der Waals surface area contributed by atoms with Crippen molar-refractivity contribution in [2.75, 3.05) is 6.61 Å². The third-order valence-electron chi connectivity index (χ3n) is 8.82. The molecule has 0 spiro atoms. The monoisotopic (exact) mass is 545 g/mol. The van der Waals surface area contributed by atoms with Crippen LogP contribution in [0.4, 0.5) is 4.39 Å². The lowest BCUT2D eigenvalue weighted by atomic mass is 9.81. The Morgan fingerprint density at radius 3 is 2.83 bits per heavy atom. The Bertz CT molecular complexity index is 1810. The Labute approximate surface area is 228 Å². The smallest absolute Gasteiger partial charge is 0.343 e. The second-order valence-corrected chi connectivity index (χ2v) is 10.9. The topological polar surface area (TPSA) is 132 Å². The van der Waals surface area contributed by atoms with E-state index in [-0.39, 0.29) is 54.7 Å². The number of carbonyl (C=O) groups excluding carboxylic acids is 1. The van der Waals surface area contributed by atoms with Gasteiger partial charge in [0.15, 0.2) is 5.60 Å². The van der Waals surface area contributed by atoms with Crippen LogP contribution in [-0.4, -0.2) is 47.3 Å². The third kappa shape index (κ3) is 3.30. The zero-order chi connectivity index (χ0) is 27.9. The largest absolute Gasteiger partial charge is 0.458 e. The Hall–Kier alpha value is -3.96.